The third-order valence-electron chi connectivity index (χ3n) is 4.96. The Balaban J connectivity index is 1.62. The summed E-state index contributed by atoms with van der Waals surface area (Å²) in [5.74, 6) is 0. The normalized spacial score (nSPS) is 11.3. The van der Waals surface area contributed by atoms with E-state index in [-0.39, 0.29) is 0 Å². The standard InChI is InChI=1S/C23H20N4/c1-2-7-17(8-3-1)22-21(24-14-16-27-15-6-13-25-27)12-11-19-18-9-4-5-10-20(18)26-23(19)22/h1-13,15,24,26H,14,16H2. The molecule has 132 valence electrons. The molecule has 4 heteroatoms. The van der Waals surface area contributed by atoms with Crippen LogP contribution in [-0.2, 0) is 6.54 Å². The number of H-pyrrole nitrogens is 1. The van der Waals surface area contributed by atoms with E-state index in [1.807, 2.05) is 23.1 Å². The Hall–Kier alpha value is -3.53. The van der Waals surface area contributed by atoms with Crippen LogP contribution in [0.15, 0.2) is 85.2 Å². The Morgan fingerprint density at radius 2 is 1.70 bits per heavy atom. The molecule has 5 aromatic rings. The van der Waals surface area contributed by atoms with Crippen molar-refractivity contribution in [2.75, 3.05) is 11.9 Å². The second kappa shape index (κ2) is 6.65. The SMILES string of the molecule is c1ccc(-c2c(NCCn3cccn3)ccc3c2[nH]c2ccccc23)cc1. The first-order chi connectivity index (χ1) is 13.4. The molecule has 0 aliphatic heterocycles. The third-order valence-corrected chi connectivity index (χ3v) is 4.96. The van der Waals surface area contributed by atoms with Gasteiger partial charge in [-0.15, -0.1) is 0 Å². The van der Waals surface area contributed by atoms with Crippen molar-refractivity contribution in [2.45, 2.75) is 6.54 Å². The fourth-order valence-corrected chi connectivity index (χ4v) is 3.71. The molecule has 2 heterocycles. The Bertz CT molecular complexity index is 1190. The molecule has 0 fully saturated rings. The molecular weight excluding hydrogens is 332 g/mol. The monoisotopic (exact) mass is 352 g/mol. The molecule has 0 bridgehead atoms. The molecule has 0 spiro atoms. The number of para-hydroxylation sites is 1. The van der Waals surface area contributed by atoms with Gasteiger partial charge in [0.05, 0.1) is 12.1 Å². The number of hydrogen-bond donors (Lipinski definition) is 2. The van der Waals surface area contributed by atoms with Crippen LogP contribution in [0.1, 0.15) is 0 Å². The quantitative estimate of drug-likeness (QED) is 0.451. The molecule has 0 aliphatic carbocycles. The molecule has 0 amide bonds. The average molecular weight is 352 g/mol. The molecule has 0 saturated heterocycles. The summed E-state index contributed by atoms with van der Waals surface area (Å²) < 4.78 is 1.94. The highest BCUT2D eigenvalue weighted by molar-refractivity contribution is 6.14. The summed E-state index contributed by atoms with van der Waals surface area (Å²) in [6, 6.07) is 25.4. The molecular formula is C23H20N4. The lowest BCUT2D eigenvalue weighted by molar-refractivity contribution is 0.638. The number of rotatable bonds is 5. The van der Waals surface area contributed by atoms with Crippen molar-refractivity contribution in [3.8, 4) is 11.1 Å². The van der Waals surface area contributed by atoms with E-state index in [1.54, 1.807) is 0 Å². The predicted octanol–water partition coefficient (Wildman–Crippen LogP) is 5.30. The molecule has 3 aromatic carbocycles. The molecule has 27 heavy (non-hydrogen) atoms. The van der Waals surface area contributed by atoms with Gasteiger partial charge in [0.2, 0.25) is 0 Å². The zero-order valence-electron chi connectivity index (χ0n) is 14.9. The van der Waals surface area contributed by atoms with Crippen LogP contribution in [0.5, 0.6) is 0 Å². The number of fused-ring (bicyclic) bond motifs is 3. The third kappa shape index (κ3) is 2.85. The molecule has 2 aromatic heterocycles. The van der Waals surface area contributed by atoms with Crippen LogP contribution in [0.4, 0.5) is 5.69 Å². The maximum atomic E-state index is 4.28. The predicted molar refractivity (Wildman–Crippen MR) is 112 cm³/mol. The van der Waals surface area contributed by atoms with Gasteiger partial charge in [-0.3, -0.25) is 4.68 Å². The zero-order chi connectivity index (χ0) is 18.1. The molecule has 0 aliphatic rings. The van der Waals surface area contributed by atoms with Crippen molar-refractivity contribution < 1.29 is 0 Å². The van der Waals surface area contributed by atoms with E-state index in [0.29, 0.717) is 0 Å². The first-order valence-electron chi connectivity index (χ1n) is 9.20. The van der Waals surface area contributed by atoms with Crippen LogP contribution in [-0.4, -0.2) is 21.3 Å². The lowest BCUT2D eigenvalue weighted by Crippen LogP contribution is -2.11. The topological polar surface area (TPSA) is 45.6 Å². The number of benzene rings is 3. The Labute approximate surface area is 157 Å². The Morgan fingerprint density at radius 1 is 0.852 bits per heavy atom. The minimum absolute atomic E-state index is 0.813. The van der Waals surface area contributed by atoms with Crippen molar-refractivity contribution >= 4 is 27.5 Å². The number of nitrogens with zero attached hydrogens (tertiary/aromatic N) is 2. The van der Waals surface area contributed by atoms with E-state index in [2.05, 4.69) is 82.1 Å². The number of anilines is 1. The highest BCUT2D eigenvalue weighted by Crippen LogP contribution is 2.38. The highest BCUT2D eigenvalue weighted by atomic mass is 15.3. The van der Waals surface area contributed by atoms with Gasteiger partial charge >= 0.3 is 0 Å². The molecule has 2 N–H and O–H groups in total. The van der Waals surface area contributed by atoms with Gasteiger partial charge in [0.15, 0.2) is 0 Å². The van der Waals surface area contributed by atoms with E-state index in [4.69, 9.17) is 0 Å². The fraction of sp³-hybridized carbons (Fsp3) is 0.0870. The smallest absolute Gasteiger partial charge is 0.0582 e. The van der Waals surface area contributed by atoms with Gasteiger partial charge in [-0.25, -0.2) is 0 Å². The number of aromatic amines is 1. The average Bonchev–Trinajstić information content (AvgIpc) is 3.36. The largest absolute Gasteiger partial charge is 0.383 e. The van der Waals surface area contributed by atoms with E-state index in [9.17, 15) is 0 Å². The zero-order valence-corrected chi connectivity index (χ0v) is 14.9. The minimum Gasteiger partial charge on any atom is -0.383 e. The lowest BCUT2D eigenvalue weighted by atomic mass is 10.00. The molecule has 0 saturated carbocycles. The Kier molecular flexibility index (Phi) is 3.87. The van der Waals surface area contributed by atoms with Crippen LogP contribution in [0, 0.1) is 0 Å². The van der Waals surface area contributed by atoms with Crippen molar-refractivity contribution in [3.05, 3.63) is 85.2 Å². The summed E-state index contributed by atoms with van der Waals surface area (Å²) in [7, 11) is 0. The first-order valence-corrected chi connectivity index (χ1v) is 9.20. The van der Waals surface area contributed by atoms with Crippen LogP contribution < -0.4 is 5.32 Å². The summed E-state index contributed by atoms with van der Waals surface area (Å²) in [5.41, 5.74) is 5.89. The van der Waals surface area contributed by atoms with Crippen molar-refractivity contribution in [2.24, 2.45) is 0 Å². The van der Waals surface area contributed by atoms with E-state index in [0.717, 1.165) is 18.8 Å². The fourth-order valence-electron chi connectivity index (χ4n) is 3.71. The van der Waals surface area contributed by atoms with E-state index < -0.39 is 0 Å². The van der Waals surface area contributed by atoms with E-state index >= 15 is 0 Å². The maximum Gasteiger partial charge on any atom is 0.0582 e. The maximum absolute atomic E-state index is 4.28. The number of hydrogen-bond acceptors (Lipinski definition) is 2. The molecule has 0 radical (unpaired) electrons. The molecule has 0 atom stereocenters. The van der Waals surface area contributed by atoms with Gasteiger partial charge < -0.3 is 10.3 Å². The van der Waals surface area contributed by atoms with Crippen molar-refractivity contribution in [1.82, 2.24) is 14.8 Å². The van der Waals surface area contributed by atoms with Crippen molar-refractivity contribution in [1.29, 1.82) is 0 Å². The van der Waals surface area contributed by atoms with Crippen LogP contribution in [0.3, 0.4) is 0 Å². The molecule has 0 unspecified atom stereocenters. The van der Waals surface area contributed by atoms with E-state index in [1.165, 1.54) is 32.9 Å². The van der Waals surface area contributed by atoms with Gasteiger partial charge in [-0.2, -0.15) is 5.10 Å². The Morgan fingerprint density at radius 3 is 2.56 bits per heavy atom. The first kappa shape index (κ1) is 15.7. The van der Waals surface area contributed by atoms with Gasteiger partial charge in [0, 0.05) is 46.5 Å². The van der Waals surface area contributed by atoms with Crippen molar-refractivity contribution in [3.63, 3.8) is 0 Å². The molecule has 5 rings (SSSR count). The number of aromatic nitrogens is 3. The summed E-state index contributed by atoms with van der Waals surface area (Å²) in [6.45, 7) is 1.64. The summed E-state index contributed by atoms with van der Waals surface area (Å²) in [5, 5.41) is 10.4. The van der Waals surface area contributed by atoms with Gasteiger partial charge in [-0.1, -0.05) is 54.6 Å². The van der Waals surface area contributed by atoms with Crippen LogP contribution in [0.25, 0.3) is 32.9 Å². The molecule has 4 nitrogen and oxygen atoms in total. The highest BCUT2D eigenvalue weighted by Gasteiger charge is 2.13. The van der Waals surface area contributed by atoms with Crippen LogP contribution >= 0.6 is 0 Å². The van der Waals surface area contributed by atoms with Gasteiger partial charge in [0.25, 0.3) is 0 Å². The summed E-state index contributed by atoms with van der Waals surface area (Å²) >= 11 is 0. The van der Waals surface area contributed by atoms with Gasteiger partial charge in [0.1, 0.15) is 0 Å². The lowest BCUT2D eigenvalue weighted by Gasteiger charge is -2.14. The van der Waals surface area contributed by atoms with Gasteiger partial charge in [-0.05, 0) is 23.8 Å². The second-order valence-corrected chi connectivity index (χ2v) is 6.64. The minimum atomic E-state index is 0.813. The summed E-state index contributed by atoms with van der Waals surface area (Å²) in [6.07, 6.45) is 3.80. The van der Waals surface area contributed by atoms with Crippen LogP contribution in [0.2, 0.25) is 0 Å². The summed E-state index contributed by atoms with van der Waals surface area (Å²) in [4.78, 5) is 3.63. The number of nitrogens with one attached hydrogen (secondary N) is 2. The second-order valence-electron chi connectivity index (χ2n) is 6.64.